The first kappa shape index (κ1) is 17.3. The van der Waals surface area contributed by atoms with E-state index in [-0.39, 0.29) is 59.4 Å². The van der Waals surface area contributed by atoms with E-state index in [1.54, 1.807) is 0 Å². The number of allylic oxidation sites excluding steroid dienone is 2. The van der Waals surface area contributed by atoms with E-state index in [1.807, 2.05) is 12.2 Å². The SMILES string of the molecule is O=C1[C@@H]2[C@H](C(=O)N1CCNc1ncc(C(F)(F)F)cc1Cl)[C@H]1C=C[C@@H]2C1. The number of likely N-dealkylation sites (tertiary alicyclic amines) is 1. The summed E-state index contributed by atoms with van der Waals surface area (Å²) in [6.45, 7) is 0.293. The van der Waals surface area contributed by atoms with Crippen molar-refractivity contribution in [2.75, 3.05) is 18.4 Å². The van der Waals surface area contributed by atoms with Gasteiger partial charge in [0.2, 0.25) is 11.8 Å². The van der Waals surface area contributed by atoms with Crippen LogP contribution in [0.25, 0.3) is 0 Å². The average Bonchev–Trinajstić information content (AvgIpc) is 3.24. The van der Waals surface area contributed by atoms with E-state index in [2.05, 4.69) is 10.3 Å². The van der Waals surface area contributed by atoms with Gasteiger partial charge in [-0.25, -0.2) is 4.98 Å². The number of pyridine rings is 1. The number of rotatable bonds is 4. The van der Waals surface area contributed by atoms with Crippen molar-refractivity contribution in [2.24, 2.45) is 23.7 Å². The number of anilines is 1. The van der Waals surface area contributed by atoms with Gasteiger partial charge in [0.1, 0.15) is 5.82 Å². The Kier molecular flexibility index (Phi) is 3.98. The van der Waals surface area contributed by atoms with Crippen molar-refractivity contribution in [2.45, 2.75) is 12.6 Å². The maximum atomic E-state index is 12.6. The lowest BCUT2D eigenvalue weighted by molar-refractivity contribution is -0.140. The van der Waals surface area contributed by atoms with Gasteiger partial charge in [-0.3, -0.25) is 14.5 Å². The first-order chi connectivity index (χ1) is 12.3. The van der Waals surface area contributed by atoms with E-state index < -0.39 is 11.7 Å². The van der Waals surface area contributed by atoms with Crippen molar-refractivity contribution in [3.63, 3.8) is 0 Å². The number of aromatic nitrogens is 1. The van der Waals surface area contributed by atoms with Gasteiger partial charge < -0.3 is 5.32 Å². The summed E-state index contributed by atoms with van der Waals surface area (Å²) >= 11 is 5.83. The van der Waals surface area contributed by atoms with Crippen molar-refractivity contribution in [3.05, 3.63) is 35.0 Å². The van der Waals surface area contributed by atoms with Crippen LogP contribution in [0.5, 0.6) is 0 Å². The van der Waals surface area contributed by atoms with Gasteiger partial charge in [-0.05, 0) is 24.3 Å². The molecule has 1 aliphatic heterocycles. The minimum Gasteiger partial charge on any atom is -0.367 e. The van der Waals surface area contributed by atoms with E-state index in [9.17, 15) is 22.8 Å². The van der Waals surface area contributed by atoms with E-state index in [0.29, 0.717) is 6.20 Å². The summed E-state index contributed by atoms with van der Waals surface area (Å²) in [7, 11) is 0. The monoisotopic (exact) mass is 385 g/mol. The Morgan fingerprint density at radius 1 is 1.19 bits per heavy atom. The molecular formula is C17H15ClF3N3O2. The van der Waals surface area contributed by atoms with Crippen LogP contribution in [0.3, 0.4) is 0 Å². The van der Waals surface area contributed by atoms with Gasteiger partial charge in [0.05, 0.1) is 22.4 Å². The Hall–Kier alpha value is -2.09. The predicted octanol–water partition coefficient (Wildman–Crippen LogP) is 2.97. The van der Waals surface area contributed by atoms with Crippen LogP contribution < -0.4 is 5.32 Å². The zero-order valence-electron chi connectivity index (χ0n) is 13.5. The third-order valence-electron chi connectivity index (χ3n) is 5.36. The lowest BCUT2D eigenvalue weighted by Crippen LogP contribution is -2.36. The summed E-state index contributed by atoms with van der Waals surface area (Å²) < 4.78 is 37.9. The largest absolute Gasteiger partial charge is 0.417 e. The molecule has 1 N–H and O–H groups in total. The number of amides is 2. The Morgan fingerprint density at radius 3 is 2.35 bits per heavy atom. The number of imide groups is 1. The summed E-state index contributed by atoms with van der Waals surface area (Å²) in [5, 5.41) is 2.62. The fourth-order valence-electron chi connectivity index (χ4n) is 4.19. The molecule has 1 aromatic rings. The molecule has 2 aliphatic carbocycles. The van der Waals surface area contributed by atoms with E-state index in [0.717, 1.165) is 12.5 Å². The van der Waals surface area contributed by atoms with Gasteiger partial charge in [0, 0.05) is 19.3 Å². The molecular weight excluding hydrogens is 371 g/mol. The molecule has 0 radical (unpaired) electrons. The topological polar surface area (TPSA) is 62.3 Å². The number of nitrogens with zero attached hydrogens (tertiary/aromatic N) is 2. The Morgan fingerprint density at radius 2 is 1.81 bits per heavy atom. The molecule has 4 rings (SSSR count). The molecule has 2 fully saturated rings. The van der Waals surface area contributed by atoms with E-state index in [1.165, 1.54) is 4.90 Å². The molecule has 1 aromatic heterocycles. The molecule has 0 spiro atoms. The summed E-state index contributed by atoms with van der Waals surface area (Å²) in [6.07, 6.45) is 1.07. The third kappa shape index (κ3) is 2.67. The zero-order chi connectivity index (χ0) is 18.6. The molecule has 2 amide bonds. The van der Waals surface area contributed by atoms with Crippen molar-refractivity contribution >= 4 is 29.2 Å². The highest BCUT2D eigenvalue weighted by atomic mass is 35.5. The second-order valence-electron chi connectivity index (χ2n) is 6.81. The number of alkyl halides is 3. The Bertz CT molecular complexity index is 781. The molecule has 26 heavy (non-hydrogen) atoms. The Labute approximate surface area is 152 Å². The molecule has 0 aromatic carbocycles. The van der Waals surface area contributed by atoms with Crippen molar-refractivity contribution in [1.82, 2.24) is 9.88 Å². The fourth-order valence-corrected chi connectivity index (χ4v) is 4.43. The summed E-state index contributed by atoms with van der Waals surface area (Å²) in [5.41, 5.74) is -0.936. The standard InChI is InChI=1S/C17H15ClF3N3O2/c18-11-6-10(17(19,20)21)7-23-14(11)22-3-4-24-15(25)12-8-1-2-9(5-8)13(12)16(24)26/h1-2,6-9,12-13H,3-5H2,(H,22,23)/t8-,9+,12+,13-. The average molecular weight is 386 g/mol. The number of hydrogen-bond donors (Lipinski definition) is 1. The van der Waals surface area contributed by atoms with Crippen LogP contribution >= 0.6 is 11.6 Å². The Balaban J connectivity index is 1.39. The van der Waals surface area contributed by atoms with Gasteiger partial charge in [-0.2, -0.15) is 13.2 Å². The summed E-state index contributed by atoms with van der Waals surface area (Å²) in [6, 6.07) is 0.788. The second kappa shape index (κ2) is 5.97. The second-order valence-corrected chi connectivity index (χ2v) is 7.21. The van der Waals surface area contributed by atoms with Crippen molar-refractivity contribution < 1.29 is 22.8 Å². The first-order valence-electron chi connectivity index (χ1n) is 8.27. The highest BCUT2D eigenvalue weighted by Crippen LogP contribution is 2.52. The summed E-state index contributed by atoms with van der Waals surface area (Å²) in [5.74, 6) is -0.470. The van der Waals surface area contributed by atoms with E-state index >= 15 is 0 Å². The minimum atomic E-state index is -4.52. The van der Waals surface area contributed by atoms with Crippen LogP contribution in [0.2, 0.25) is 5.02 Å². The molecule has 9 heteroatoms. The lowest BCUT2D eigenvalue weighted by atomic mass is 9.85. The van der Waals surface area contributed by atoms with Gasteiger partial charge in [-0.1, -0.05) is 23.8 Å². The van der Waals surface area contributed by atoms with Crippen LogP contribution in [-0.2, 0) is 15.8 Å². The molecule has 3 aliphatic rings. The van der Waals surface area contributed by atoms with Crippen LogP contribution in [0, 0.1) is 23.7 Å². The molecule has 1 saturated carbocycles. The fraction of sp³-hybridized carbons (Fsp3) is 0.471. The molecule has 2 bridgehead atoms. The highest BCUT2D eigenvalue weighted by molar-refractivity contribution is 6.33. The van der Waals surface area contributed by atoms with Crippen molar-refractivity contribution in [1.29, 1.82) is 0 Å². The number of nitrogens with one attached hydrogen (secondary N) is 1. The molecule has 1 saturated heterocycles. The maximum Gasteiger partial charge on any atom is 0.417 e. The van der Waals surface area contributed by atoms with Gasteiger partial charge in [0.15, 0.2) is 0 Å². The number of hydrogen-bond acceptors (Lipinski definition) is 4. The first-order valence-corrected chi connectivity index (χ1v) is 8.65. The number of carbonyl (C=O) groups is 2. The number of carbonyl (C=O) groups excluding carboxylic acids is 2. The molecule has 2 heterocycles. The van der Waals surface area contributed by atoms with Crippen LogP contribution in [0.15, 0.2) is 24.4 Å². The lowest BCUT2D eigenvalue weighted by Gasteiger charge is -2.18. The smallest absolute Gasteiger partial charge is 0.367 e. The van der Waals surface area contributed by atoms with Gasteiger partial charge in [-0.15, -0.1) is 0 Å². The van der Waals surface area contributed by atoms with Gasteiger partial charge in [0.25, 0.3) is 0 Å². The molecule has 4 atom stereocenters. The van der Waals surface area contributed by atoms with Crippen LogP contribution in [0.4, 0.5) is 19.0 Å². The van der Waals surface area contributed by atoms with E-state index in [4.69, 9.17) is 11.6 Å². The van der Waals surface area contributed by atoms with Crippen LogP contribution in [0.1, 0.15) is 12.0 Å². The van der Waals surface area contributed by atoms with Gasteiger partial charge >= 0.3 is 6.18 Å². The predicted molar refractivity (Wildman–Crippen MR) is 87.2 cm³/mol. The summed E-state index contributed by atoms with van der Waals surface area (Å²) in [4.78, 5) is 30.0. The number of fused-ring (bicyclic) bond motifs is 5. The molecule has 138 valence electrons. The van der Waals surface area contributed by atoms with Crippen LogP contribution in [-0.4, -0.2) is 34.8 Å². The number of halogens is 4. The highest BCUT2D eigenvalue weighted by Gasteiger charge is 2.58. The van der Waals surface area contributed by atoms with Crippen molar-refractivity contribution in [3.8, 4) is 0 Å². The minimum absolute atomic E-state index is 0.0840. The maximum absolute atomic E-state index is 12.6. The molecule has 5 nitrogen and oxygen atoms in total. The quantitative estimate of drug-likeness (QED) is 0.639. The normalized spacial score (nSPS) is 29.6. The zero-order valence-corrected chi connectivity index (χ0v) is 14.2. The third-order valence-corrected chi connectivity index (χ3v) is 5.65. The molecule has 0 unspecified atom stereocenters.